The fourth-order valence-electron chi connectivity index (χ4n) is 2.21. The van der Waals surface area contributed by atoms with Crippen molar-refractivity contribution in [2.45, 2.75) is 26.3 Å². The van der Waals surface area contributed by atoms with Gasteiger partial charge < -0.3 is 9.47 Å². The van der Waals surface area contributed by atoms with E-state index in [2.05, 4.69) is 0 Å². The van der Waals surface area contributed by atoms with Crippen LogP contribution in [0.2, 0.25) is 0 Å². The van der Waals surface area contributed by atoms with Gasteiger partial charge in [0.05, 0.1) is 19.1 Å². The Morgan fingerprint density at radius 3 is 2.59 bits per heavy atom. The molecule has 118 valence electrons. The molecule has 1 aromatic rings. The Hall–Kier alpha value is -1.95. The van der Waals surface area contributed by atoms with Gasteiger partial charge in [-0.05, 0) is 37.2 Å². The Morgan fingerprint density at radius 2 is 2.00 bits per heavy atom. The highest BCUT2D eigenvalue weighted by molar-refractivity contribution is 8.18. The molecule has 0 unspecified atom stereocenters. The lowest BCUT2D eigenvalue weighted by Gasteiger charge is -2.19. The van der Waals surface area contributed by atoms with Crippen molar-refractivity contribution in [3.8, 4) is 11.5 Å². The van der Waals surface area contributed by atoms with Gasteiger partial charge in [-0.1, -0.05) is 19.1 Å². The summed E-state index contributed by atoms with van der Waals surface area (Å²) in [7, 11) is 3.10. The molecular formula is C16H19NO4S. The van der Waals surface area contributed by atoms with Crippen molar-refractivity contribution in [3.63, 3.8) is 0 Å². The van der Waals surface area contributed by atoms with Crippen LogP contribution in [-0.2, 0) is 4.79 Å². The quantitative estimate of drug-likeness (QED) is 0.776. The molecule has 6 heteroatoms. The Morgan fingerprint density at radius 1 is 1.27 bits per heavy atom. The molecule has 1 fully saturated rings. The maximum Gasteiger partial charge on any atom is 0.293 e. The smallest absolute Gasteiger partial charge is 0.293 e. The lowest BCUT2D eigenvalue weighted by atomic mass is 10.1. The van der Waals surface area contributed by atoms with Crippen molar-refractivity contribution in [2.75, 3.05) is 14.2 Å². The molecule has 1 aliphatic heterocycles. The molecular weight excluding hydrogens is 302 g/mol. The number of carbonyl (C=O) groups is 2. The van der Waals surface area contributed by atoms with Crippen LogP contribution in [0, 0.1) is 0 Å². The fourth-order valence-corrected chi connectivity index (χ4v) is 3.13. The molecule has 1 heterocycles. The zero-order valence-electron chi connectivity index (χ0n) is 13.1. The van der Waals surface area contributed by atoms with Crippen molar-refractivity contribution < 1.29 is 19.1 Å². The number of benzene rings is 1. The van der Waals surface area contributed by atoms with E-state index in [0.29, 0.717) is 22.0 Å². The van der Waals surface area contributed by atoms with Gasteiger partial charge in [0.1, 0.15) is 0 Å². The summed E-state index contributed by atoms with van der Waals surface area (Å²) in [6, 6.07) is 5.30. The molecule has 5 nitrogen and oxygen atoms in total. The highest BCUT2D eigenvalue weighted by Crippen LogP contribution is 2.37. The summed E-state index contributed by atoms with van der Waals surface area (Å²) in [5.41, 5.74) is 0.705. The molecule has 0 N–H and O–H groups in total. The summed E-state index contributed by atoms with van der Waals surface area (Å²) in [4.78, 5) is 26.2. The zero-order chi connectivity index (χ0) is 16.3. The van der Waals surface area contributed by atoms with E-state index in [-0.39, 0.29) is 17.2 Å². The van der Waals surface area contributed by atoms with E-state index in [1.54, 1.807) is 26.4 Å². The summed E-state index contributed by atoms with van der Waals surface area (Å²) < 4.78 is 10.6. The van der Waals surface area contributed by atoms with Gasteiger partial charge in [-0.15, -0.1) is 0 Å². The summed E-state index contributed by atoms with van der Waals surface area (Å²) in [5, 5.41) is -0.229. The number of rotatable bonds is 5. The summed E-state index contributed by atoms with van der Waals surface area (Å²) in [6.45, 7) is 3.81. The Labute approximate surface area is 134 Å². The minimum atomic E-state index is -0.255. The second-order valence-electron chi connectivity index (χ2n) is 4.89. The first kappa shape index (κ1) is 16.4. The van der Waals surface area contributed by atoms with E-state index in [9.17, 15) is 9.59 Å². The van der Waals surface area contributed by atoms with E-state index in [1.807, 2.05) is 26.0 Å². The lowest BCUT2D eigenvalue weighted by molar-refractivity contribution is -0.124. The van der Waals surface area contributed by atoms with Crippen LogP contribution in [0.25, 0.3) is 6.08 Å². The van der Waals surface area contributed by atoms with Gasteiger partial charge in [-0.2, -0.15) is 0 Å². The van der Waals surface area contributed by atoms with Crippen LogP contribution in [0.15, 0.2) is 23.1 Å². The number of nitrogens with zero attached hydrogens (tertiary/aromatic N) is 1. The van der Waals surface area contributed by atoms with Crippen LogP contribution < -0.4 is 9.47 Å². The standard InChI is InChI=1S/C16H19NO4S/c1-5-10(2)17-15(18)13(22-16(17)19)9-11-7-6-8-12(20-3)14(11)21-4/h6-10H,5H2,1-4H3/b13-9+/t10-/m1/s1. The molecule has 0 aliphatic carbocycles. The third-order valence-corrected chi connectivity index (χ3v) is 4.46. The van der Waals surface area contributed by atoms with Gasteiger partial charge >= 0.3 is 0 Å². The molecule has 1 atom stereocenters. The number of imide groups is 1. The molecule has 0 spiro atoms. The number of hydrogen-bond donors (Lipinski definition) is 0. The second-order valence-corrected chi connectivity index (χ2v) is 5.88. The first-order valence-electron chi connectivity index (χ1n) is 7.01. The molecule has 1 aliphatic rings. The third-order valence-electron chi connectivity index (χ3n) is 3.58. The topological polar surface area (TPSA) is 55.8 Å². The third kappa shape index (κ3) is 2.97. The summed E-state index contributed by atoms with van der Waals surface area (Å²) in [6.07, 6.45) is 2.41. The second kappa shape index (κ2) is 6.87. The van der Waals surface area contributed by atoms with Crippen LogP contribution in [0.3, 0.4) is 0 Å². The Kier molecular flexibility index (Phi) is 5.13. The number of hydrogen-bond acceptors (Lipinski definition) is 5. The molecule has 1 aromatic carbocycles. The molecule has 22 heavy (non-hydrogen) atoms. The molecule has 0 bridgehead atoms. The molecule has 2 rings (SSSR count). The van der Waals surface area contributed by atoms with Gasteiger partial charge in [-0.3, -0.25) is 14.5 Å². The van der Waals surface area contributed by atoms with Crippen molar-refractivity contribution in [1.29, 1.82) is 0 Å². The highest BCUT2D eigenvalue weighted by Gasteiger charge is 2.37. The average molecular weight is 321 g/mol. The van der Waals surface area contributed by atoms with Crippen molar-refractivity contribution in [3.05, 3.63) is 28.7 Å². The zero-order valence-corrected chi connectivity index (χ0v) is 13.9. The van der Waals surface area contributed by atoms with Gasteiger partial charge in [-0.25, -0.2) is 0 Å². The van der Waals surface area contributed by atoms with Crippen LogP contribution in [-0.4, -0.2) is 36.3 Å². The first-order valence-corrected chi connectivity index (χ1v) is 7.83. The van der Waals surface area contributed by atoms with Gasteiger partial charge in [0.25, 0.3) is 11.1 Å². The largest absolute Gasteiger partial charge is 0.493 e. The Balaban J connectivity index is 2.39. The molecule has 1 saturated heterocycles. The van der Waals surface area contributed by atoms with E-state index in [4.69, 9.17) is 9.47 Å². The number of ether oxygens (including phenoxy) is 2. The minimum Gasteiger partial charge on any atom is -0.493 e. The van der Waals surface area contributed by atoms with Gasteiger partial charge in [0.15, 0.2) is 11.5 Å². The first-order chi connectivity index (χ1) is 10.5. The highest BCUT2D eigenvalue weighted by atomic mass is 32.2. The SMILES string of the molecule is CC[C@@H](C)N1C(=O)S/C(=C/c2cccc(OC)c2OC)C1=O. The van der Waals surface area contributed by atoms with Crippen molar-refractivity contribution >= 4 is 29.0 Å². The molecule has 0 aromatic heterocycles. The minimum absolute atomic E-state index is 0.106. The normalized spacial score (nSPS) is 18.0. The predicted octanol–water partition coefficient (Wildman–Crippen LogP) is 3.54. The maximum absolute atomic E-state index is 12.4. The van der Waals surface area contributed by atoms with Crippen LogP contribution in [0.1, 0.15) is 25.8 Å². The van der Waals surface area contributed by atoms with Crippen LogP contribution >= 0.6 is 11.8 Å². The summed E-state index contributed by atoms with van der Waals surface area (Å²) >= 11 is 0.955. The predicted molar refractivity (Wildman–Crippen MR) is 87.1 cm³/mol. The molecule has 0 radical (unpaired) electrons. The van der Waals surface area contributed by atoms with E-state index < -0.39 is 0 Å². The number of carbonyl (C=O) groups excluding carboxylic acids is 2. The average Bonchev–Trinajstić information content (AvgIpc) is 2.80. The molecule has 0 saturated carbocycles. The Bertz CT molecular complexity index is 627. The van der Waals surface area contributed by atoms with Crippen LogP contribution in [0.4, 0.5) is 4.79 Å². The van der Waals surface area contributed by atoms with Crippen molar-refractivity contribution in [2.24, 2.45) is 0 Å². The van der Waals surface area contributed by atoms with E-state index in [0.717, 1.165) is 18.2 Å². The van der Waals surface area contributed by atoms with E-state index >= 15 is 0 Å². The van der Waals surface area contributed by atoms with Crippen molar-refractivity contribution in [1.82, 2.24) is 4.90 Å². The van der Waals surface area contributed by atoms with Crippen LogP contribution in [0.5, 0.6) is 11.5 Å². The number of para-hydroxylation sites is 1. The van der Waals surface area contributed by atoms with Gasteiger partial charge in [0.2, 0.25) is 0 Å². The lowest BCUT2D eigenvalue weighted by Crippen LogP contribution is -2.36. The fraction of sp³-hybridized carbons (Fsp3) is 0.375. The number of amides is 2. The summed E-state index contributed by atoms with van der Waals surface area (Å²) in [5.74, 6) is 0.868. The molecule has 2 amide bonds. The maximum atomic E-state index is 12.4. The number of methoxy groups -OCH3 is 2. The monoisotopic (exact) mass is 321 g/mol. The van der Waals surface area contributed by atoms with E-state index in [1.165, 1.54) is 4.90 Å². The van der Waals surface area contributed by atoms with Gasteiger partial charge in [0, 0.05) is 11.6 Å². The number of thioether (sulfide) groups is 1.